The van der Waals surface area contributed by atoms with Crippen molar-refractivity contribution < 1.29 is 4.52 Å². The van der Waals surface area contributed by atoms with E-state index in [1.54, 1.807) is 14.0 Å². The molecule has 0 spiro atoms. The highest BCUT2D eigenvalue weighted by Crippen LogP contribution is 2.35. The Morgan fingerprint density at radius 1 is 1.39 bits per heavy atom. The molecule has 7 nitrogen and oxygen atoms in total. The summed E-state index contributed by atoms with van der Waals surface area (Å²) in [4.78, 5) is 10.9. The van der Waals surface area contributed by atoms with Crippen molar-refractivity contribution in [2.75, 3.05) is 27.2 Å². The molecule has 1 saturated heterocycles. The van der Waals surface area contributed by atoms with Crippen LogP contribution in [0.4, 0.5) is 0 Å². The number of aryl methyl sites for hydroxylation is 1. The van der Waals surface area contributed by atoms with Crippen LogP contribution in [0, 0.1) is 12.8 Å². The molecule has 1 aromatic carbocycles. The minimum atomic E-state index is 0. The van der Waals surface area contributed by atoms with E-state index < -0.39 is 0 Å². The maximum Gasteiger partial charge on any atom is 0.246 e. The zero-order valence-corrected chi connectivity index (χ0v) is 19.6. The van der Waals surface area contributed by atoms with Gasteiger partial charge < -0.3 is 15.2 Å². The van der Waals surface area contributed by atoms with E-state index in [-0.39, 0.29) is 24.0 Å². The molecule has 0 bridgehead atoms. The molecule has 2 atom stereocenters. The van der Waals surface area contributed by atoms with Crippen molar-refractivity contribution >= 4 is 41.5 Å². The zero-order valence-electron chi connectivity index (χ0n) is 16.5. The summed E-state index contributed by atoms with van der Waals surface area (Å²) in [5, 5.41) is 11.2. The molecule has 1 aliphatic rings. The summed E-state index contributed by atoms with van der Waals surface area (Å²) < 4.78 is 5.13. The Labute approximate surface area is 188 Å². The second kappa shape index (κ2) is 11.0. The number of piperidine rings is 1. The van der Waals surface area contributed by atoms with Crippen LogP contribution in [0.2, 0.25) is 5.02 Å². The molecule has 2 N–H and O–H groups in total. The SMILES string of the molecule is CN=C(NCc1nc(C)no1)NCC1CCCN(C)C1c1cccc(Cl)c1.I. The number of guanidine groups is 1. The van der Waals surface area contributed by atoms with Gasteiger partial charge in [0, 0.05) is 24.7 Å². The van der Waals surface area contributed by atoms with Gasteiger partial charge in [0.1, 0.15) is 0 Å². The maximum atomic E-state index is 6.23. The minimum absolute atomic E-state index is 0. The number of likely N-dealkylation sites (tertiary alicyclic amines) is 1. The Hall–Kier alpha value is -1.39. The van der Waals surface area contributed by atoms with E-state index in [0.29, 0.717) is 30.2 Å². The van der Waals surface area contributed by atoms with Crippen LogP contribution in [0.5, 0.6) is 0 Å². The molecule has 0 saturated carbocycles. The normalized spacial score (nSPS) is 20.5. The summed E-state index contributed by atoms with van der Waals surface area (Å²) in [6.45, 7) is 4.17. The fourth-order valence-electron chi connectivity index (χ4n) is 3.71. The first-order chi connectivity index (χ1) is 13.1. The quantitative estimate of drug-likeness (QED) is 0.359. The molecule has 0 radical (unpaired) electrons. The number of halogens is 2. The van der Waals surface area contributed by atoms with Gasteiger partial charge in [0.15, 0.2) is 11.8 Å². The molecule has 0 aliphatic carbocycles. The van der Waals surface area contributed by atoms with E-state index in [2.05, 4.69) is 49.8 Å². The molecule has 9 heteroatoms. The van der Waals surface area contributed by atoms with Crippen molar-refractivity contribution in [3.63, 3.8) is 0 Å². The fraction of sp³-hybridized carbons (Fsp3) is 0.526. The second-order valence-electron chi connectivity index (χ2n) is 6.92. The molecular formula is C19H28ClIN6O. The monoisotopic (exact) mass is 518 g/mol. The second-order valence-corrected chi connectivity index (χ2v) is 7.36. The Bertz CT molecular complexity index is 783. The number of nitrogens with one attached hydrogen (secondary N) is 2. The van der Waals surface area contributed by atoms with Gasteiger partial charge in [0.25, 0.3) is 0 Å². The highest BCUT2D eigenvalue weighted by atomic mass is 127. The van der Waals surface area contributed by atoms with Crippen LogP contribution < -0.4 is 10.6 Å². The van der Waals surface area contributed by atoms with Gasteiger partial charge in [-0.1, -0.05) is 28.9 Å². The van der Waals surface area contributed by atoms with Gasteiger partial charge in [-0.05, 0) is 57.0 Å². The van der Waals surface area contributed by atoms with Crippen molar-refractivity contribution in [1.82, 2.24) is 25.7 Å². The fourth-order valence-corrected chi connectivity index (χ4v) is 3.91. The average Bonchev–Trinajstić information content (AvgIpc) is 3.07. The van der Waals surface area contributed by atoms with E-state index in [0.717, 1.165) is 30.5 Å². The summed E-state index contributed by atoms with van der Waals surface area (Å²) in [5.74, 6) is 2.37. The lowest BCUT2D eigenvalue weighted by Crippen LogP contribution is -2.44. The van der Waals surface area contributed by atoms with Gasteiger partial charge in [0.2, 0.25) is 5.89 Å². The maximum absolute atomic E-state index is 6.23. The molecule has 154 valence electrons. The molecule has 1 aromatic heterocycles. The van der Waals surface area contributed by atoms with Crippen molar-refractivity contribution in [2.24, 2.45) is 10.9 Å². The third-order valence-corrected chi connectivity index (χ3v) is 5.16. The lowest BCUT2D eigenvalue weighted by atomic mass is 9.85. The van der Waals surface area contributed by atoms with Gasteiger partial charge in [-0.2, -0.15) is 4.98 Å². The van der Waals surface area contributed by atoms with Gasteiger partial charge >= 0.3 is 0 Å². The molecule has 28 heavy (non-hydrogen) atoms. The van der Waals surface area contributed by atoms with Crippen LogP contribution in [0.15, 0.2) is 33.8 Å². The summed E-state index contributed by atoms with van der Waals surface area (Å²) in [7, 11) is 3.94. The van der Waals surface area contributed by atoms with Crippen LogP contribution in [-0.2, 0) is 6.54 Å². The Balaban J connectivity index is 0.00000280. The third-order valence-electron chi connectivity index (χ3n) is 4.93. The van der Waals surface area contributed by atoms with Crippen LogP contribution in [0.1, 0.15) is 36.2 Å². The highest BCUT2D eigenvalue weighted by Gasteiger charge is 2.30. The smallest absolute Gasteiger partial charge is 0.246 e. The first kappa shape index (κ1) is 22.9. The average molecular weight is 519 g/mol. The minimum Gasteiger partial charge on any atom is -0.356 e. The van der Waals surface area contributed by atoms with Gasteiger partial charge in [-0.25, -0.2) is 0 Å². The highest BCUT2D eigenvalue weighted by molar-refractivity contribution is 14.0. The molecule has 0 amide bonds. The third kappa shape index (κ3) is 6.05. The largest absolute Gasteiger partial charge is 0.356 e. The van der Waals surface area contributed by atoms with Gasteiger partial charge in [0.05, 0.1) is 6.54 Å². The van der Waals surface area contributed by atoms with Crippen LogP contribution >= 0.6 is 35.6 Å². The van der Waals surface area contributed by atoms with Crippen LogP contribution in [0.3, 0.4) is 0 Å². The van der Waals surface area contributed by atoms with Crippen LogP contribution in [-0.4, -0.2) is 48.2 Å². The Morgan fingerprint density at radius 2 is 2.21 bits per heavy atom. The molecule has 1 aliphatic heterocycles. The van der Waals surface area contributed by atoms with Crippen molar-refractivity contribution in [3.8, 4) is 0 Å². The van der Waals surface area contributed by atoms with Gasteiger partial charge in [-0.15, -0.1) is 24.0 Å². The number of aliphatic imine (C=N–C) groups is 1. The summed E-state index contributed by atoms with van der Waals surface area (Å²) in [6.07, 6.45) is 2.35. The van der Waals surface area contributed by atoms with Crippen molar-refractivity contribution in [2.45, 2.75) is 32.4 Å². The van der Waals surface area contributed by atoms with Crippen molar-refractivity contribution in [3.05, 3.63) is 46.6 Å². The number of nitrogens with zero attached hydrogens (tertiary/aromatic N) is 4. The molecule has 2 unspecified atom stereocenters. The molecule has 3 rings (SSSR count). The molecule has 2 aromatic rings. The van der Waals surface area contributed by atoms with Gasteiger partial charge in [-0.3, -0.25) is 9.89 Å². The number of hydrogen-bond acceptors (Lipinski definition) is 5. The topological polar surface area (TPSA) is 78.6 Å². The number of aromatic nitrogens is 2. The Morgan fingerprint density at radius 3 is 2.89 bits per heavy atom. The number of benzene rings is 1. The molecule has 2 heterocycles. The van der Waals surface area contributed by atoms with Crippen LogP contribution in [0.25, 0.3) is 0 Å². The van der Waals surface area contributed by atoms with E-state index >= 15 is 0 Å². The zero-order chi connectivity index (χ0) is 19.2. The Kier molecular flexibility index (Phi) is 8.97. The summed E-state index contributed by atoms with van der Waals surface area (Å²) in [6, 6.07) is 8.52. The van der Waals surface area contributed by atoms with E-state index in [1.165, 1.54) is 12.0 Å². The lowest BCUT2D eigenvalue weighted by molar-refractivity contribution is 0.122. The first-order valence-corrected chi connectivity index (χ1v) is 9.64. The predicted octanol–water partition coefficient (Wildman–Crippen LogP) is 3.40. The first-order valence-electron chi connectivity index (χ1n) is 9.26. The summed E-state index contributed by atoms with van der Waals surface area (Å²) >= 11 is 6.23. The van der Waals surface area contributed by atoms with E-state index in [1.807, 2.05) is 12.1 Å². The number of hydrogen-bond donors (Lipinski definition) is 2. The van der Waals surface area contributed by atoms with E-state index in [9.17, 15) is 0 Å². The lowest BCUT2D eigenvalue weighted by Gasteiger charge is -2.40. The molecular weight excluding hydrogens is 491 g/mol. The van der Waals surface area contributed by atoms with Crippen molar-refractivity contribution in [1.29, 1.82) is 0 Å². The molecule has 1 fully saturated rings. The standard InChI is InChI=1S/C19H27ClN6O.HI/c1-13-24-17(27-25-13)12-23-19(21-2)22-11-15-7-5-9-26(3)18(15)14-6-4-8-16(20)10-14;/h4,6,8,10,15,18H,5,7,9,11-12H2,1-3H3,(H2,21,22,23);1H. The van der Waals surface area contributed by atoms with E-state index in [4.69, 9.17) is 16.1 Å². The summed E-state index contributed by atoms with van der Waals surface area (Å²) in [5.41, 5.74) is 1.26. The predicted molar refractivity (Wildman–Crippen MR) is 122 cm³/mol. The number of rotatable bonds is 5.